The maximum absolute atomic E-state index is 12.9. The summed E-state index contributed by atoms with van der Waals surface area (Å²) in [6.45, 7) is 3.96. The highest BCUT2D eigenvalue weighted by atomic mass is 79.9. The third-order valence-electron chi connectivity index (χ3n) is 4.18. The molecule has 1 aliphatic rings. The van der Waals surface area contributed by atoms with Crippen LogP contribution in [0.3, 0.4) is 0 Å². The van der Waals surface area contributed by atoms with Gasteiger partial charge in [0.1, 0.15) is 11.4 Å². The summed E-state index contributed by atoms with van der Waals surface area (Å²) in [6.07, 6.45) is -3.75. The van der Waals surface area contributed by atoms with Crippen molar-refractivity contribution >= 4 is 38.9 Å². The Bertz CT molecular complexity index is 870. The Labute approximate surface area is 169 Å². The predicted octanol–water partition coefficient (Wildman–Crippen LogP) is 6.06. The highest BCUT2D eigenvalue weighted by molar-refractivity contribution is 9.10. The van der Waals surface area contributed by atoms with Gasteiger partial charge in [-0.3, -0.25) is 0 Å². The molecule has 1 aliphatic heterocycles. The van der Waals surface area contributed by atoms with E-state index < -0.39 is 17.3 Å². The van der Waals surface area contributed by atoms with Gasteiger partial charge in [0.05, 0.1) is 11.6 Å². The topological polar surface area (TPSA) is 33.3 Å². The molecule has 0 saturated heterocycles. The molecule has 8 heteroatoms. The molecule has 2 aromatic rings. The van der Waals surface area contributed by atoms with Gasteiger partial charge in [-0.2, -0.15) is 13.2 Å². The number of hydrogen-bond donors (Lipinski definition) is 2. The quantitative estimate of drug-likeness (QED) is 0.536. The molecule has 3 rings (SSSR count). The average Bonchev–Trinajstić information content (AvgIpc) is 2.54. The zero-order valence-corrected chi connectivity index (χ0v) is 17.1. The summed E-state index contributed by atoms with van der Waals surface area (Å²) in [4.78, 5) is 0. The molecule has 0 amide bonds. The van der Waals surface area contributed by atoms with Crippen LogP contribution in [0.15, 0.2) is 46.9 Å². The molecule has 1 atom stereocenters. The summed E-state index contributed by atoms with van der Waals surface area (Å²) >= 11 is 8.79. The van der Waals surface area contributed by atoms with Crippen molar-refractivity contribution in [2.75, 3.05) is 5.32 Å². The Kier molecular flexibility index (Phi) is 5.40. The number of nitrogens with one attached hydrogen (secondary N) is 2. The maximum atomic E-state index is 12.9. The van der Waals surface area contributed by atoms with Crippen molar-refractivity contribution in [1.29, 1.82) is 0 Å². The largest absolute Gasteiger partial charge is 0.487 e. The van der Waals surface area contributed by atoms with E-state index in [9.17, 15) is 13.2 Å². The lowest BCUT2D eigenvalue weighted by atomic mass is 9.90. The molecule has 0 bridgehead atoms. The number of alkyl halides is 3. The zero-order chi connectivity index (χ0) is 19.8. The normalized spacial score (nSPS) is 18.2. The maximum Gasteiger partial charge on any atom is 0.416 e. The Morgan fingerprint density at radius 1 is 1.22 bits per heavy atom. The van der Waals surface area contributed by atoms with Gasteiger partial charge in [-0.25, -0.2) is 0 Å². The Hall–Kier alpha value is -1.80. The van der Waals surface area contributed by atoms with E-state index in [1.807, 2.05) is 32.0 Å². The molecule has 27 heavy (non-hydrogen) atoms. The van der Waals surface area contributed by atoms with Crippen molar-refractivity contribution in [3.8, 4) is 5.75 Å². The van der Waals surface area contributed by atoms with Crippen molar-refractivity contribution in [2.45, 2.75) is 38.1 Å². The molecule has 0 aliphatic carbocycles. The fourth-order valence-corrected chi connectivity index (χ4v) is 3.69. The molecular formula is C19H18BrF3N2OS. The second-order valence-corrected chi connectivity index (χ2v) is 8.30. The highest BCUT2D eigenvalue weighted by Crippen LogP contribution is 2.40. The summed E-state index contributed by atoms with van der Waals surface area (Å²) in [5, 5.41) is 6.30. The zero-order valence-electron chi connectivity index (χ0n) is 14.7. The number of benzene rings is 2. The molecule has 0 spiro atoms. The van der Waals surface area contributed by atoms with Crippen LogP contribution in [0.1, 0.15) is 37.4 Å². The van der Waals surface area contributed by atoms with Crippen LogP contribution in [0, 0.1) is 0 Å². The molecule has 3 nitrogen and oxygen atoms in total. The summed E-state index contributed by atoms with van der Waals surface area (Å²) < 4.78 is 45.5. The molecule has 2 N–H and O–H groups in total. The van der Waals surface area contributed by atoms with Crippen LogP contribution >= 0.6 is 28.1 Å². The highest BCUT2D eigenvalue weighted by Gasteiger charge is 2.34. The lowest BCUT2D eigenvalue weighted by Gasteiger charge is -2.38. The van der Waals surface area contributed by atoms with E-state index in [4.69, 9.17) is 17.0 Å². The van der Waals surface area contributed by atoms with Crippen molar-refractivity contribution in [3.63, 3.8) is 0 Å². The molecule has 1 unspecified atom stereocenters. The van der Waals surface area contributed by atoms with Gasteiger partial charge in [0.2, 0.25) is 0 Å². The Balaban J connectivity index is 1.77. The summed E-state index contributed by atoms with van der Waals surface area (Å²) in [7, 11) is 0. The lowest BCUT2D eigenvalue weighted by Crippen LogP contribution is -2.42. The van der Waals surface area contributed by atoms with E-state index in [0.717, 1.165) is 27.9 Å². The van der Waals surface area contributed by atoms with Crippen LogP contribution in [-0.2, 0) is 6.18 Å². The van der Waals surface area contributed by atoms with Gasteiger partial charge in [0, 0.05) is 22.1 Å². The monoisotopic (exact) mass is 458 g/mol. The second-order valence-electron chi connectivity index (χ2n) is 6.98. The van der Waals surface area contributed by atoms with Crippen LogP contribution in [0.5, 0.6) is 5.75 Å². The van der Waals surface area contributed by atoms with Gasteiger partial charge >= 0.3 is 6.18 Å². The minimum atomic E-state index is -4.40. The van der Waals surface area contributed by atoms with Crippen LogP contribution in [-0.4, -0.2) is 10.7 Å². The molecule has 0 fully saturated rings. The van der Waals surface area contributed by atoms with Gasteiger partial charge in [0.15, 0.2) is 5.11 Å². The number of rotatable bonds is 2. The smallest absolute Gasteiger partial charge is 0.416 e. The minimum Gasteiger partial charge on any atom is -0.487 e. The van der Waals surface area contributed by atoms with Crippen LogP contribution in [0.25, 0.3) is 0 Å². The Morgan fingerprint density at radius 3 is 2.67 bits per heavy atom. The summed E-state index contributed by atoms with van der Waals surface area (Å²) in [5.41, 5.74) is 0.0985. The van der Waals surface area contributed by atoms with Gasteiger partial charge in [0.25, 0.3) is 0 Å². The third kappa shape index (κ3) is 4.93. The van der Waals surface area contributed by atoms with E-state index in [1.165, 1.54) is 6.07 Å². The second kappa shape index (κ2) is 7.31. The van der Waals surface area contributed by atoms with Gasteiger partial charge in [-0.1, -0.05) is 22.0 Å². The molecule has 0 aromatic heterocycles. The molecule has 144 valence electrons. The van der Waals surface area contributed by atoms with Crippen molar-refractivity contribution in [3.05, 3.63) is 58.1 Å². The number of thiocarbonyl (C=S) groups is 1. The number of ether oxygens (including phenoxy) is 1. The van der Waals surface area contributed by atoms with Gasteiger partial charge < -0.3 is 15.4 Å². The van der Waals surface area contributed by atoms with E-state index in [0.29, 0.717) is 6.42 Å². The van der Waals surface area contributed by atoms with E-state index in [1.54, 1.807) is 6.07 Å². The number of halogens is 4. The molecule has 2 aromatic carbocycles. The van der Waals surface area contributed by atoms with Gasteiger partial charge in [-0.05, 0) is 62.5 Å². The van der Waals surface area contributed by atoms with Crippen LogP contribution < -0.4 is 15.4 Å². The third-order valence-corrected chi connectivity index (χ3v) is 4.90. The first-order valence-corrected chi connectivity index (χ1v) is 9.47. The van der Waals surface area contributed by atoms with Crippen molar-refractivity contribution < 1.29 is 17.9 Å². The minimum absolute atomic E-state index is 0.132. The fraction of sp³-hybridized carbons (Fsp3) is 0.316. The molecule has 0 radical (unpaired) electrons. The van der Waals surface area contributed by atoms with Crippen molar-refractivity contribution in [2.24, 2.45) is 0 Å². The Morgan fingerprint density at radius 2 is 1.96 bits per heavy atom. The predicted molar refractivity (Wildman–Crippen MR) is 107 cm³/mol. The first kappa shape index (κ1) is 19.9. The number of fused-ring (bicyclic) bond motifs is 1. The molecular weight excluding hydrogens is 441 g/mol. The summed E-state index contributed by atoms with van der Waals surface area (Å²) in [5.74, 6) is 0.758. The van der Waals surface area contributed by atoms with Gasteiger partial charge in [-0.15, -0.1) is 0 Å². The average molecular weight is 459 g/mol. The van der Waals surface area contributed by atoms with Crippen molar-refractivity contribution in [1.82, 2.24) is 5.32 Å². The number of hydrogen-bond acceptors (Lipinski definition) is 2. The standard InChI is InChI=1S/C19H18BrF3N2OS/c1-18(2)10-15(14-9-12(20)6-7-16(14)26-18)25-17(27)24-13-5-3-4-11(8-13)19(21,22)23/h3-9,15H,10H2,1-2H3,(H2,24,25,27). The molecule has 0 saturated carbocycles. The number of anilines is 1. The lowest BCUT2D eigenvalue weighted by molar-refractivity contribution is -0.137. The van der Waals surface area contributed by atoms with E-state index in [2.05, 4.69) is 26.6 Å². The van der Waals surface area contributed by atoms with E-state index >= 15 is 0 Å². The SMILES string of the molecule is CC1(C)CC(NC(=S)Nc2cccc(C(F)(F)F)c2)c2cc(Br)ccc2O1. The first-order valence-electron chi connectivity index (χ1n) is 8.27. The fourth-order valence-electron chi connectivity index (χ4n) is 3.05. The molecule has 1 heterocycles. The first-order chi connectivity index (χ1) is 12.5. The van der Waals surface area contributed by atoms with E-state index in [-0.39, 0.29) is 16.8 Å². The summed E-state index contributed by atoms with van der Waals surface area (Å²) in [6, 6.07) is 10.6. The van der Waals surface area contributed by atoms with Crippen LogP contribution in [0.4, 0.5) is 18.9 Å². The van der Waals surface area contributed by atoms with Crippen LogP contribution in [0.2, 0.25) is 0 Å².